The molecule has 3 nitrogen and oxygen atoms in total. The van der Waals surface area contributed by atoms with Crippen LogP contribution >= 0.6 is 0 Å². The summed E-state index contributed by atoms with van der Waals surface area (Å²) in [6.45, 7) is 0. The van der Waals surface area contributed by atoms with Crippen molar-refractivity contribution in [3.05, 3.63) is 23.8 Å². The summed E-state index contributed by atoms with van der Waals surface area (Å²) in [6, 6.07) is 3.97. The molecule has 0 heterocycles. The van der Waals surface area contributed by atoms with E-state index in [-0.39, 0.29) is 23.5 Å². The summed E-state index contributed by atoms with van der Waals surface area (Å²) in [4.78, 5) is 0. The summed E-state index contributed by atoms with van der Waals surface area (Å²) in [5.41, 5.74) is 4.14. The fourth-order valence-corrected chi connectivity index (χ4v) is 1.65. The first kappa shape index (κ1) is 10.2. The second-order valence-corrected chi connectivity index (χ2v) is 3.74. The van der Waals surface area contributed by atoms with E-state index in [1.807, 2.05) is 0 Å². The van der Waals surface area contributed by atoms with Gasteiger partial charge in [-0.25, -0.2) is 8.78 Å². The monoisotopic (exact) mass is 215 g/mol. The number of nitrogens with two attached hydrogens (primary N) is 1. The van der Waals surface area contributed by atoms with E-state index >= 15 is 0 Å². The molecule has 0 amide bonds. The second kappa shape index (κ2) is 2.82. The Labute approximate surface area is 85.5 Å². The molecule has 3 N–H and O–H groups in total. The third kappa shape index (κ3) is 1.34. The number of benzene rings is 1. The molecule has 0 aliphatic heterocycles. The Kier molecular flexibility index (Phi) is 1.91. The molecule has 0 saturated heterocycles. The largest absolute Gasteiger partial charge is 0.508 e. The van der Waals surface area contributed by atoms with Crippen LogP contribution in [-0.4, -0.2) is 18.1 Å². The highest BCUT2D eigenvalue weighted by molar-refractivity contribution is 5.49. The van der Waals surface area contributed by atoms with Crippen molar-refractivity contribution in [3.8, 4) is 11.5 Å². The van der Waals surface area contributed by atoms with Crippen LogP contribution < -0.4 is 10.5 Å². The molecular formula is C10H11F2NO2. The molecule has 1 aliphatic carbocycles. The van der Waals surface area contributed by atoms with Crippen molar-refractivity contribution in [1.29, 1.82) is 0 Å². The summed E-state index contributed by atoms with van der Waals surface area (Å²) < 4.78 is 31.0. The molecule has 0 bridgehead atoms. The molecule has 15 heavy (non-hydrogen) atoms. The zero-order chi connectivity index (χ0) is 11.3. The fourth-order valence-electron chi connectivity index (χ4n) is 1.65. The molecule has 2 rings (SSSR count). The highest BCUT2D eigenvalue weighted by Crippen LogP contribution is 2.59. The molecular weight excluding hydrogens is 204 g/mol. The molecule has 1 aromatic rings. The zero-order valence-corrected chi connectivity index (χ0v) is 8.13. The van der Waals surface area contributed by atoms with Crippen molar-refractivity contribution >= 4 is 0 Å². The van der Waals surface area contributed by atoms with Crippen LogP contribution in [0, 0.1) is 0 Å². The second-order valence-electron chi connectivity index (χ2n) is 3.74. The average Bonchev–Trinajstić information content (AvgIpc) is 2.66. The predicted molar refractivity (Wildman–Crippen MR) is 50.1 cm³/mol. The van der Waals surface area contributed by atoms with Gasteiger partial charge in [0.1, 0.15) is 17.0 Å². The maximum Gasteiger partial charge on any atom is 0.272 e. The minimum absolute atomic E-state index is 0.0387. The standard InChI is InChI=1S/C10H11F2NO2/c1-15-8-4-6(14)2-3-7(8)9(13)5-10(9,11)12/h2-4,14H,5,13H2,1H3. The Bertz CT molecular complexity index is 408. The third-order valence-corrected chi connectivity index (χ3v) is 2.69. The van der Waals surface area contributed by atoms with Crippen LogP contribution in [0.3, 0.4) is 0 Å². The molecule has 1 aliphatic rings. The van der Waals surface area contributed by atoms with Gasteiger partial charge in [0.05, 0.1) is 7.11 Å². The number of phenolic OH excluding ortho intramolecular Hbond substituents is 1. The lowest BCUT2D eigenvalue weighted by Crippen LogP contribution is -2.27. The Morgan fingerprint density at radius 2 is 2.07 bits per heavy atom. The number of hydrogen-bond acceptors (Lipinski definition) is 3. The van der Waals surface area contributed by atoms with Gasteiger partial charge in [-0.05, 0) is 12.1 Å². The minimum atomic E-state index is -2.89. The van der Waals surface area contributed by atoms with E-state index in [0.717, 1.165) is 0 Å². The Morgan fingerprint density at radius 3 is 2.53 bits per heavy atom. The van der Waals surface area contributed by atoms with Crippen LogP contribution in [0.25, 0.3) is 0 Å². The van der Waals surface area contributed by atoms with E-state index in [4.69, 9.17) is 10.5 Å². The molecule has 82 valence electrons. The molecule has 1 saturated carbocycles. The van der Waals surface area contributed by atoms with E-state index in [0.29, 0.717) is 0 Å². The van der Waals surface area contributed by atoms with E-state index in [9.17, 15) is 13.9 Å². The number of phenols is 1. The molecule has 0 aromatic heterocycles. The van der Waals surface area contributed by atoms with E-state index in [1.165, 1.54) is 25.3 Å². The first-order valence-electron chi connectivity index (χ1n) is 4.45. The summed E-state index contributed by atoms with van der Waals surface area (Å²) in [6.07, 6.45) is -0.388. The van der Waals surface area contributed by atoms with Crippen molar-refractivity contribution in [1.82, 2.24) is 0 Å². The number of hydrogen-bond donors (Lipinski definition) is 2. The summed E-state index contributed by atoms with van der Waals surface area (Å²) in [7, 11) is 1.35. The maximum absolute atomic E-state index is 13.0. The molecule has 5 heteroatoms. The van der Waals surface area contributed by atoms with Gasteiger partial charge in [-0.3, -0.25) is 0 Å². The molecule has 1 fully saturated rings. The van der Waals surface area contributed by atoms with Crippen molar-refractivity contribution in [2.24, 2.45) is 5.73 Å². The number of aromatic hydroxyl groups is 1. The quantitative estimate of drug-likeness (QED) is 0.787. The Morgan fingerprint density at radius 1 is 1.47 bits per heavy atom. The first-order chi connectivity index (χ1) is 6.90. The highest BCUT2D eigenvalue weighted by Gasteiger charge is 2.70. The van der Waals surface area contributed by atoms with Gasteiger partial charge in [-0.2, -0.15) is 0 Å². The lowest BCUT2D eigenvalue weighted by atomic mass is 10.0. The van der Waals surface area contributed by atoms with Crippen LogP contribution in [0.1, 0.15) is 12.0 Å². The fraction of sp³-hybridized carbons (Fsp3) is 0.400. The normalized spacial score (nSPS) is 27.5. The summed E-state index contributed by atoms with van der Waals surface area (Å²) in [5.74, 6) is -2.74. The van der Waals surface area contributed by atoms with Gasteiger partial charge in [0.2, 0.25) is 0 Å². The smallest absolute Gasteiger partial charge is 0.272 e. The minimum Gasteiger partial charge on any atom is -0.508 e. The Balaban J connectivity index is 2.46. The number of rotatable bonds is 2. The van der Waals surface area contributed by atoms with Gasteiger partial charge in [-0.15, -0.1) is 0 Å². The number of methoxy groups -OCH3 is 1. The average molecular weight is 215 g/mol. The first-order valence-corrected chi connectivity index (χ1v) is 4.45. The summed E-state index contributed by atoms with van der Waals surface area (Å²) in [5, 5.41) is 9.18. The van der Waals surface area contributed by atoms with Gasteiger partial charge >= 0.3 is 0 Å². The van der Waals surface area contributed by atoms with Crippen molar-refractivity contribution in [3.63, 3.8) is 0 Å². The third-order valence-electron chi connectivity index (χ3n) is 2.69. The van der Waals surface area contributed by atoms with Crippen LogP contribution in [-0.2, 0) is 5.54 Å². The lowest BCUT2D eigenvalue weighted by Gasteiger charge is -2.15. The lowest BCUT2D eigenvalue weighted by molar-refractivity contribution is 0.0884. The van der Waals surface area contributed by atoms with Gasteiger partial charge in [0, 0.05) is 18.1 Å². The van der Waals surface area contributed by atoms with Crippen LogP contribution in [0.15, 0.2) is 18.2 Å². The molecule has 0 radical (unpaired) electrons. The number of ether oxygens (including phenoxy) is 1. The van der Waals surface area contributed by atoms with E-state index in [1.54, 1.807) is 0 Å². The maximum atomic E-state index is 13.0. The van der Waals surface area contributed by atoms with E-state index in [2.05, 4.69) is 0 Å². The molecule has 1 unspecified atom stereocenters. The van der Waals surface area contributed by atoms with Crippen molar-refractivity contribution < 1.29 is 18.6 Å². The van der Waals surface area contributed by atoms with Crippen LogP contribution in [0.2, 0.25) is 0 Å². The topological polar surface area (TPSA) is 55.5 Å². The van der Waals surface area contributed by atoms with Gasteiger partial charge < -0.3 is 15.6 Å². The SMILES string of the molecule is COc1cc(O)ccc1C1(N)CC1(F)F. The molecule has 1 atom stereocenters. The van der Waals surface area contributed by atoms with Gasteiger partial charge in [-0.1, -0.05) is 0 Å². The molecule has 0 spiro atoms. The van der Waals surface area contributed by atoms with Gasteiger partial charge in [0.15, 0.2) is 0 Å². The van der Waals surface area contributed by atoms with Crippen LogP contribution in [0.4, 0.5) is 8.78 Å². The highest BCUT2D eigenvalue weighted by atomic mass is 19.3. The zero-order valence-electron chi connectivity index (χ0n) is 8.13. The number of halogens is 2. The Hall–Kier alpha value is -1.36. The van der Waals surface area contributed by atoms with Crippen molar-refractivity contribution in [2.45, 2.75) is 17.9 Å². The summed E-state index contributed by atoms with van der Waals surface area (Å²) >= 11 is 0. The van der Waals surface area contributed by atoms with Crippen molar-refractivity contribution in [2.75, 3.05) is 7.11 Å². The molecule has 1 aromatic carbocycles. The van der Waals surface area contributed by atoms with Crippen LogP contribution in [0.5, 0.6) is 11.5 Å². The predicted octanol–water partition coefficient (Wildman–Crippen LogP) is 1.59. The van der Waals surface area contributed by atoms with Gasteiger partial charge in [0.25, 0.3) is 5.92 Å². The number of alkyl halides is 2. The van der Waals surface area contributed by atoms with E-state index < -0.39 is 11.5 Å².